The van der Waals surface area contributed by atoms with E-state index in [0.29, 0.717) is 40.3 Å². The molecule has 1 unspecified atom stereocenters. The molecule has 0 bridgehead atoms. The Bertz CT molecular complexity index is 1190. The number of ketones is 1. The minimum absolute atomic E-state index is 0.0798. The van der Waals surface area contributed by atoms with Gasteiger partial charge in [-0.15, -0.1) is 11.3 Å². The number of carbonyl (C=O) groups excluding carboxylic acids is 1. The van der Waals surface area contributed by atoms with E-state index >= 15 is 0 Å². The van der Waals surface area contributed by atoms with E-state index in [0.717, 1.165) is 22.7 Å². The lowest BCUT2D eigenvalue weighted by Gasteiger charge is -2.15. The van der Waals surface area contributed by atoms with Crippen molar-refractivity contribution in [2.75, 3.05) is 0 Å². The van der Waals surface area contributed by atoms with E-state index in [4.69, 9.17) is 9.84 Å². The Morgan fingerprint density at radius 3 is 2.35 bits per heavy atom. The molecule has 0 aliphatic rings. The van der Waals surface area contributed by atoms with Crippen LogP contribution >= 0.6 is 11.3 Å². The SMILES string of the molecule is CCC(Oc1ccc(C(=O)CCc2sc(-c3ccc(C(F)(F)F)cc3)nc2C)cc1C)C(=O)O. The van der Waals surface area contributed by atoms with Crippen LogP contribution in [0.3, 0.4) is 0 Å². The minimum atomic E-state index is -4.39. The number of hydrogen-bond donors (Lipinski definition) is 1. The molecule has 1 atom stereocenters. The number of halogens is 3. The summed E-state index contributed by atoms with van der Waals surface area (Å²) in [6, 6.07) is 9.76. The highest BCUT2D eigenvalue weighted by Gasteiger charge is 2.30. The van der Waals surface area contributed by atoms with E-state index in [-0.39, 0.29) is 12.2 Å². The van der Waals surface area contributed by atoms with Crippen LogP contribution in [0.25, 0.3) is 10.6 Å². The van der Waals surface area contributed by atoms with Crippen molar-refractivity contribution in [2.45, 2.75) is 52.3 Å². The fourth-order valence-electron chi connectivity index (χ4n) is 3.37. The summed E-state index contributed by atoms with van der Waals surface area (Å²) >= 11 is 1.36. The molecular weight excluding hydrogens is 467 g/mol. The maximum Gasteiger partial charge on any atom is 0.416 e. The molecule has 0 radical (unpaired) electrons. The first-order chi connectivity index (χ1) is 16.0. The van der Waals surface area contributed by atoms with Crippen LogP contribution in [0.1, 0.15) is 51.8 Å². The smallest absolute Gasteiger partial charge is 0.416 e. The van der Waals surface area contributed by atoms with Gasteiger partial charge in [0, 0.05) is 22.4 Å². The lowest BCUT2D eigenvalue weighted by molar-refractivity contribution is -0.145. The molecule has 1 heterocycles. The van der Waals surface area contributed by atoms with E-state index in [2.05, 4.69) is 4.98 Å². The zero-order valence-corrected chi connectivity index (χ0v) is 19.7. The lowest BCUT2D eigenvalue weighted by Crippen LogP contribution is -2.26. The van der Waals surface area contributed by atoms with E-state index < -0.39 is 23.8 Å². The number of aliphatic carboxylic acids is 1. The number of thiazole rings is 1. The zero-order valence-electron chi connectivity index (χ0n) is 18.9. The Morgan fingerprint density at radius 2 is 1.79 bits per heavy atom. The third-order valence-corrected chi connectivity index (χ3v) is 6.61. The van der Waals surface area contributed by atoms with Crippen LogP contribution in [-0.2, 0) is 17.4 Å². The van der Waals surface area contributed by atoms with Gasteiger partial charge in [0.1, 0.15) is 10.8 Å². The normalized spacial score (nSPS) is 12.4. The number of carboxylic acid groups (broad SMARTS) is 1. The first-order valence-electron chi connectivity index (χ1n) is 10.7. The molecule has 5 nitrogen and oxygen atoms in total. The lowest BCUT2D eigenvalue weighted by atomic mass is 10.0. The topological polar surface area (TPSA) is 76.5 Å². The molecule has 0 spiro atoms. The highest BCUT2D eigenvalue weighted by molar-refractivity contribution is 7.15. The summed E-state index contributed by atoms with van der Waals surface area (Å²) in [6.45, 7) is 5.29. The van der Waals surface area contributed by atoms with Crippen LogP contribution in [0.5, 0.6) is 5.75 Å². The largest absolute Gasteiger partial charge is 0.479 e. The average Bonchev–Trinajstić information content (AvgIpc) is 3.16. The third-order valence-electron chi connectivity index (χ3n) is 5.34. The molecule has 3 rings (SSSR count). The number of benzene rings is 2. The molecule has 0 amide bonds. The van der Waals surface area contributed by atoms with Gasteiger partial charge in [-0.2, -0.15) is 13.2 Å². The van der Waals surface area contributed by atoms with Gasteiger partial charge in [-0.3, -0.25) is 4.79 Å². The van der Waals surface area contributed by atoms with E-state index in [1.54, 1.807) is 32.0 Å². The molecule has 1 N–H and O–H groups in total. The van der Waals surface area contributed by atoms with Gasteiger partial charge in [-0.05, 0) is 62.6 Å². The number of nitrogens with zero attached hydrogens (tertiary/aromatic N) is 1. The summed E-state index contributed by atoms with van der Waals surface area (Å²) in [5.74, 6) is -0.702. The monoisotopic (exact) mass is 491 g/mol. The Labute approximate surface area is 199 Å². The molecular formula is C25H24F3NO4S. The fraction of sp³-hybridized carbons (Fsp3) is 0.320. The number of rotatable bonds is 9. The van der Waals surface area contributed by atoms with Crippen molar-refractivity contribution in [1.29, 1.82) is 0 Å². The van der Waals surface area contributed by atoms with Crippen molar-refractivity contribution in [3.05, 3.63) is 69.7 Å². The minimum Gasteiger partial charge on any atom is -0.479 e. The van der Waals surface area contributed by atoms with Gasteiger partial charge in [-0.25, -0.2) is 9.78 Å². The van der Waals surface area contributed by atoms with Gasteiger partial charge in [-0.1, -0.05) is 19.1 Å². The molecule has 0 saturated heterocycles. The summed E-state index contributed by atoms with van der Waals surface area (Å²) in [7, 11) is 0. The van der Waals surface area contributed by atoms with E-state index in [1.807, 2.05) is 6.92 Å². The fourth-order valence-corrected chi connectivity index (χ4v) is 4.44. The van der Waals surface area contributed by atoms with Gasteiger partial charge in [0.05, 0.1) is 11.3 Å². The summed E-state index contributed by atoms with van der Waals surface area (Å²) in [6.07, 6.45) is -4.33. The number of aromatic nitrogens is 1. The number of aryl methyl sites for hydroxylation is 3. The van der Waals surface area contributed by atoms with Crippen LogP contribution in [-0.4, -0.2) is 27.9 Å². The summed E-state index contributed by atoms with van der Waals surface area (Å²) in [5.41, 5.74) is 1.79. The predicted molar refractivity (Wildman–Crippen MR) is 123 cm³/mol. The van der Waals surface area contributed by atoms with Crippen LogP contribution in [0, 0.1) is 13.8 Å². The molecule has 0 aliphatic carbocycles. The zero-order chi connectivity index (χ0) is 25.0. The van der Waals surface area contributed by atoms with Gasteiger partial charge in [0.2, 0.25) is 0 Å². The highest BCUT2D eigenvalue weighted by Crippen LogP contribution is 2.33. The molecule has 34 heavy (non-hydrogen) atoms. The van der Waals surface area contributed by atoms with Gasteiger partial charge in [0.15, 0.2) is 11.9 Å². The van der Waals surface area contributed by atoms with E-state index in [9.17, 15) is 22.8 Å². The third kappa shape index (κ3) is 6.02. The predicted octanol–water partition coefficient (Wildman–Crippen LogP) is 6.50. The Balaban J connectivity index is 1.67. The van der Waals surface area contributed by atoms with Gasteiger partial charge < -0.3 is 9.84 Å². The molecule has 0 aliphatic heterocycles. The Kier molecular flexibility index (Phi) is 7.76. The van der Waals surface area contributed by atoms with Gasteiger partial charge in [0.25, 0.3) is 0 Å². The molecule has 9 heteroatoms. The summed E-state index contributed by atoms with van der Waals surface area (Å²) < 4.78 is 43.9. The second kappa shape index (κ2) is 10.4. The first kappa shape index (κ1) is 25.4. The molecule has 180 valence electrons. The molecule has 2 aromatic carbocycles. The number of carboxylic acids is 1. The molecule has 1 aromatic heterocycles. The van der Waals surface area contributed by atoms with Crippen molar-refractivity contribution in [3.8, 4) is 16.3 Å². The summed E-state index contributed by atoms with van der Waals surface area (Å²) in [5, 5.41) is 9.77. The number of ether oxygens (including phenoxy) is 1. The second-order valence-corrected chi connectivity index (χ2v) is 8.94. The van der Waals surface area contributed by atoms with Crippen molar-refractivity contribution in [3.63, 3.8) is 0 Å². The van der Waals surface area contributed by atoms with Crippen molar-refractivity contribution in [1.82, 2.24) is 4.98 Å². The molecule has 0 saturated carbocycles. The van der Waals surface area contributed by atoms with Crippen molar-refractivity contribution < 1.29 is 32.6 Å². The summed E-state index contributed by atoms with van der Waals surface area (Å²) in [4.78, 5) is 29.3. The van der Waals surface area contributed by atoms with Crippen LogP contribution < -0.4 is 4.74 Å². The first-order valence-corrected chi connectivity index (χ1v) is 11.5. The van der Waals surface area contributed by atoms with Crippen LogP contribution in [0.4, 0.5) is 13.2 Å². The van der Waals surface area contributed by atoms with Crippen molar-refractivity contribution >= 4 is 23.1 Å². The van der Waals surface area contributed by atoms with Crippen molar-refractivity contribution in [2.24, 2.45) is 0 Å². The van der Waals surface area contributed by atoms with Crippen LogP contribution in [0.2, 0.25) is 0 Å². The second-order valence-electron chi connectivity index (χ2n) is 7.86. The Hall–Kier alpha value is -3.20. The highest BCUT2D eigenvalue weighted by atomic mass is 32.1. The quantitative estimate of drug-likeness (QED) is 0.346. The maximum atomic E-state index is 12.8. The number of carbonyl (C=O) groups is 2. The standard InChI is InChI=1S/C25H24F3NO4S/c1-4-20(24(31)32)33-21-11-7-17(13-14(21)2)19(30)10-12-22-15(3)29-23(34-22)16-5-8-18(9-6-16)25(26,27)28/h5-9,11,13,20H,4,10,12H2,1-3H3,(H,31,32). The number of alkyl halides is 3. The van der Waals surface area contributed by atoms with Crippen LogP contribution in [0.15, 0.2) is 42.5 Å². The van der Waals surface area contributed by atoms with E-state index in [1.165, 1.54) is 23.5 Å². The number of Topliss-reactive ketones (excluding diaryl/α,β-unsaturated/α-hetero) is 1. The molecule has 3 aromatic rings. The Morgan fingerprint density at radius 1 is 1.12 bits per heavy atom. The average molecular weight is 492 g/mol. The number of hydrogen-bond acceptors (Lipinski definition) is 5. The maximum absolute atomic E-state index is 12.8. The van der Waals surface area contributed by atoms with Gasteiger partial charge >= 0.3 is 12.1 Å². The molecule has 0 fully saturated rings.